The van der Waals surface area contributed by atoms with Crippen LogP contribution in [0.5, 0.6) is 0 Å². The minimum absolute atomic E-state index is 0.245. The molecule has 0 saturated heterocycles. The van der Waals surface area contributed by atoms with Gasteiger partial charge in [0.15, 0.2) is 11.6 Å². The number of Topliss-reactive ketones (excluding diaryl/α,β-unsaturated/α-hetero) is 1. The molecular formula is C29H37O2. The summed E-state index contributed by atoms with van der Waals surface area (Å²) < 4.78 is 0. The van der Waals surface area contributed by atoms with E-state index in [1.165, 1.54) is 25.7 Å². The van der Waals surface area contributed by atoms with Gasteiger partial charge in [0.2, 0.25) is 0 Å². The molecule has 0 N–H and O–H groups in total. The molecule has 2 nitrogen and oxygen atoms in total. The Bertz CT molecular complexity index is 987. The van der Waals surface area contributed by atoms with Crippen molar-refractivity contribution in [2.24, 2.45) is 57.2 Å². The lowest BCUT2D eigenvalue weighted by Crippen LogP contribution is -2.55. The number of fused-ring (bicyclic) bond motifs is 10. The highest BCUT2D eigenvalue weighted by atomic mass is 16.1. The maximum Gasteiger partial charge on any atom is 0.159 e. The Labute approximate surface area is 187 Å². The molecule has 7 rings (SSSR count). The van der Waals surface area contributed by atoms with Crippen LogP contribution < -0.4 is 0 Å². The normalized spacial score (nSPS) is 57.5. The number of hydrogen-bond acceptors (Lipinski definition) is 2. The molecule has 5 unspecified atom stereocenters. The largest absolute Gasteiger partial charge is 0.295 e. The Morgan fingerprint density at radius 1 is 1.06 bits per heavy atom. The van der Waals surface area contributed by atoms with Crippen LogP contribution in [-0.4, -0.2) is 11.6 Å². The smallest absolute Gasteiger partial charge is 0.159 e. The number of carbonyl (C=O) groups is 2. The van der Waals surface area contributed by atoms with Crippen molar-refractivity contribution in [3.05, 3.63) is 29.7 Å². The third-order valence-electron chi connectivity index (χ3n) is 12.6. The summed E-state index contributed by atoms with van der Waals surface area (Å²) in [4.78, 5) is 24.9. The third kappa shape index (κ3) is 2.17. The monoisotopic (exact) mass is 417 g/mol. The average Bonchev–Trinajstić information content (AvgIpc) is 3.59. The van der Waals surface area contributed by atoms with Crippen LogP contribution in [0, 0.1) is 63.6 Å². The molecular weight excluding hydrogens is 380 g/mol. The molecule has 0 heterocycles. The van der Waals surface area contributed by atoms with Crippen LogP contribution >= 0.6 is 0 Å². The number of hydrogen-bond donors (Lipinski definition) is 0. The summed E-state index contributed by atoms with van der Waals surface area (Å²) in [6, 6.07) is 0. The lowest BCUT2D eigenvalue weighted by atomic mass is 9.42. The van der Waals surface area contributed by atoms with E-state index < -0.39 is 0 Å². The first-order chi connectivity index (χ1) is 14.6. The number of ketones is 2. The summed E-state index contributed by atoms with van der Waals surface area (Å²) in [6.45, 7) is 10.2. The van der Waals surface area contributed by atoms with E-state index in [0.717, 1.165) is 66.8 Å². The molecule has 2 heteroatoms. The molecule has 5 fully saturated rings. The maximum absolute atomic E-state index is 12.5. The molecule has 0 aromatic rings. The van der Waals surface area contributed by atoms with Crippen LogP contribution in [0.2, 0.25) is 0 Å². The molecule has 0 aliphatic heterocycles. The summed E-state index contributed by atoms with van der Waals surface area (Å²) in [5, 5.41) is 0. The SMILES string of the molecule is CC12CC1[C@@H]1C(CC[C@@]3(C)C1C1C[C@@H]1[C@@]3(C)CCC(=O)C1=C[CH]1)[C@@]1(C)CCC(=O)C=C21. The Morgan fingerprint density at radius 3 is 2.58 bits per heavy atom. The zero-order valence-corrected chi connectivity index (χ0v) is 19.7. The van der Waals surface area contributed by atoms with E-state index in [4.69, 9.17) is 0 Å². The first-order valence-electron chi connectivity index (χ1n) is 13.0. The van der Waals surface area contributed by atoms with Crippen LogP contribution in [0.25, 0.3) is 0 Å². The molecule has 31 heavy (non-hydrogen) atoms. The second kappa shape index (κ2) is 5.48. The second-order valence-corrected chi connectivity index (χ2v) is 13.5. The van der Waals surface area contributed by atoms with Gasteiger partial charge in [-0.2, -0.15) is 0 Å². The van der Waals surface area contributed by atoms with E-state index in [1.54, 1.807) is 5.57 Å². The topological polar surface area (TPSA) is 34.1 Å². The van der Waals surface area contributed by atoms with Crippen molar-refractivity contribution in [3.63, 3.8) is 0 Å². The van der Waals surface area contributed by atoms with Crippen molar-refractivity contribution in [1.29, 1.82) is 0 Å². The summed E-state index contributed by atoms with van der Waals surface area (Å²) in [7, 11) is 0. The van der Waals surface area contributed by atoms with E-state index in [9.17, 15) is 9.59 Å². The lowest BCUT2D eigenvalue weighted by molar-refractivity contribution is -0.124. The van der Waals surface area contributed by atoms with Gasteiger partial charge in [-0.15, -0.1) is 0 Å². The molecule has 10 atom stereocenters. The fourth-order valence-corrected chi connectivity index (χ4v) is 10.6. The zero-order valence-electron chi connectivity index (χ0n) is 19.7. The molecule has 0 aromatic carbocycles. The predicted octanol–water partition coefficient (Wildman–Crippen LogP) is 6.12. The van der Waals surface area contributed by atoms with Gasteiger partial charge in [0.25, 0.3) is 0 Å². The van der Waals surface area contributed by atoms with E-state index in [0.29, 0.717) is 22.4 Å². The van der Waals surface area contributed by atoms with Crippen LogP contribution in [-0.2, 0) is 9.59 Å². The Morgan fingerprint density at radius 2 is 1.84 bits per heavy atom. The molecule has 0 spiro atoms. The second-order valence-electron chi connectivity index (χ2n) is 13.5. The minimum Gasteiger partial charge on any atom is -0.295 e. The van der Waals surface area contributed by atoms with Crippen molar-refractivity contribution < 1.29 is 9.59 Å². The quantitative estimate of drug-likeness (QED) is 0.552. The molecule has 7 aliphatic rings. The van der Waals surface area contributed by atoms with Crippen molar-refractivity contribution in [3.8, 4) is 0 Å². The predicted molar refractivity (Wildman–Crippen MR) is 121 cm³/mol. The van der Waals surface area contributed by atoms with Gasteiger partial charge in [0.05, 0.1) is 0 Å². The van der Waals surface area contributed by atoms with Gasteiger partial charge in [-0.3, -0.25) is 9.59 Å². The molecule has 165 valence electrons. The van der Waals surface area contributed by atoms with Gasteiger partial charge in [-0.1, -0.05) is 39.3 Å². The zero-order chi connectivity index (χ0) is 21.6. The fourth-order valence-electron chi connectivity index (χ4n) is 10.6. The number of rotatable bonds is 4. The first kappa shape index (κ1) is 19.3. The Balaban J connectivity index is 1.25. The van der Waals surface area contributed by atoms with Crippen LogP contribution in [0.1, 0.15) is 79.1 Å². The van der Waals surface area contributed by atoms with Crippen LogP contribution in [0.4, 0.5) is 0 Å². The van der Waals surface area contributed by atoms with Crippen LogP contribution in [0.3, 0.4) is 0 Å². The number of allylic oxidation sites excluding steroid dienone is 3. The molecule has 1 radical (unpaired) electrons. The molecule has 0 bridgehead atoms. The number of carbonyl (C=O) groups excluding carboxylic acids is 2. The average molecular weight is 418 g/mol. The lowest BCUT2D eigenvalue weighted by Gasteiger charge is -2.62. The molecule has 0 amide bonds. The molecule has 0 aromatic heterocycles. The van der Waals surface area contributed by atoms with Crippen molar-refractivity contribution >= 4 is 11.6 Å². The van der Waals surface area contributed by atoms with E-state index >= 15 is 0 Å². The summed E-state index contributed by atoms with van der Waals surface area (Å²) in [5.74, 6) is 5.73. The highest BCUT2D eigenvalue weighted by Crippen LogP contribution is 2.85. The van der Waals surface area contributed by atoms with E-state index in [-0.39, 0.29) is 10.8 Å². The van der Waals surface area contributed by atoms with Gasteiger partial charge in [0, 0.05) is 19.3 Å². The first-order valence-corrected chi connectivity index (χ1v) is 13.0. The van der Waals surface area contributed by atoms with Gasteiger partial charge in [-0.05, 0) is 107 Å². The maximum atomic E-state index is 12.5. The van der Waals surface area contributed by atoms with E-state index in [2.05, 4.69) is 33.8 Å². The Kier molecular flexibility index (Phi) is 3.41. The van der Waals surface area contributed by atoms with Gasteiger partial charge in [0.1, 0.15) is 0 Å². The summed E-state index contributed by atoms with van der Waals surface area (Å²) in [6.07, 6.45) is 15.1. The van der Waals surface area contributed by atoms with Gasteiger partial charge < -0.3 is 0 Å². The summed E-state index contributed by atoms with van der Waals surface area (Å²) in [5.41, 5.74) is 3.75. The van der Waals surface area contributed by atoms with E-state index in [1.807, 2.05) is 12.5 Å². The van der Waals surface area contributed by atoms with Crippen molar-refractivity contribution in [1.82, 2.24) is 0 Å². The summed E-state index contributed by atoms with van der Waals surface area (Å²) >= 11 is 0. The highest BCUT2D eigenvalue weighted by Gasteiger charge is 2.79. The van der Waals surface area contributed by atoms with Crippen molar-refractivity contribution in [2.45, 2.75) is 79.1 Å². The Hall–Kier alpha value is -1.18. The molecule has 7 aliphatic carbocycles. The fraction of sp³-hybridized carbons (Fsp3) is 0.759. The standard InChI is InChI=1S/C29H37O2/c1-26-10-7-17(30)13-23(26)27(2)15-21(27)24-19(26)8-11-29(4)25(24)18-14-20(18)28(29,3)12-9-22(31)16-5-6-16/h5-6,13,18-21,24-25H,7-12,14-15H2,1-4H3/t18?,19?,20-,21?,24-,25?,26+,27?,28+,29-/m0/s1. The van der Waals surface area contributed by atoms with Gasteiger partial charge in [-0.25, -0.2) is 0 Å². The highest BCUT2D eigenvalue weighted by molar-refractivity contribution is 6.02. The van der Waals surface area contributed by atoms with Crippen molar-refractivity contribution in [2.75, 3.05) is 0 Å². The third-order valence-corrected chi connectivity index (χ3v) is 12.6. The molecule has 5 saturated carbocycles. The van der Waals surface area contributed by atoms with Gasteiger partial charge >= 0.3 is 0 Å². The van der Waals surface area contributed by atoms with Crippen LogP contribution in [0.15, 0.2) is 23.3 Å². The minimum atomic E-state index is 0.245.